The van der Waals surface area contributed by atoms with Crippen LogP contribution in [0.5, 0.6) is 0 Å². The standard InChI is InChI=1S/C25H39N5O.HI/c1-7-26-25(28-18(3)15-23-19(4)29-30(6)20(23)5)27-16-22-9-8-14-31-24(22)21-12-10-17(2)11-13-21;/h10-13,18,22,24H,7-9,14-16H2,1-6H3,(H2,26,27,28);1H. The van der Waals surface area contributed by atoms with Crippen LogP contribution in [-0.4, -0.2) is 41.5 Å². The monoisotopic (exact) mass is 553 g/mol. The Kier molecular flexibility index (Phi) is 10.5. The highest BCUT2D eigenvalue weighted by molar-refractivity contribution is 14.0. The van der Waals surface area contributed by atoms with E-state index >= 15 is 0 Å². The molecule has 3 atom stereocenters. The van der Waals surface area contributed by atoms with Crippen LogP contribution in [-0.2, 0) is 18.2 Å². The second kappa shape index (κ2) is 12.6. The summed E-state index contributed by atoms with van der Waals surface area (Å²) in [5.74, 6) is 1.27. The first-order chi connectivity index (χ1) is 14.9. The van der Waals surface area contributed by atoms with Crippen molar-refractivity contribution in [1.29, 1.82) is 0 Å². The molecular weight excluding hydrogens is 513 g/mol. The molecule has 3 unspecified atom stereocenters. The van der Waals surface area contributed by atoms with Crippen LogP contribution in [0.3, 0.4) is 0 Å². The molecule has 2 aromatic rings. The molecule has 2 heterocycles. The Morgan fingerprint density at radius 2 is 1.97 bits per heavy atom. The smallest absolute Gasteiger partial charge is 0.191 e. The van der Waals surface area contributed by atoms with E-state index in [1.165, 1.54) is 22.4 Å². The highest BCUT2D eigenvalue weighted by Gasteiger charge is 2.27. The zero-order chi connectivity index (χ0) is 22.4. The number of ether oxygens (including phenoxy) is 1. The van der Waals surface area contributed by atoms with Crippen LogP contribution >= 0.6 is 24.0 Å². The lowest BCUT2D eigenvalue weighted by Gasteiger charge is -2.31. The summed E-state index contributed by atoms with van der Waals surface area (Å²) in [4.78, 5) is 4.96. The van der Waals surface area contributed by atoms with Gasteiger partial charge in [-0.2, -0.15) is 5.10 Å². The molecule has 7 heteroatoms. The Hall–Kier alpha value is -1.61. The van der Waals surface area contributed by atoms with Gasteiger partial charge in [0.15, 0.2) is 5.96 Å². The first kappa shape index (κ1) is 26.6. The van der Waals surface area contributed by atoms with Gasteiger partial charge in [0.05, 0.1) is 11.8 Å². The summed E-state index contributed by atoms with van der Waals surface area (Å²) < 4.78 is 8.14. The van der Waals surface area contributed by atoms with Gasteiger partial charge >= 0.3 is 0 Å². The Bertz CT molecular complexity index is 877. The van der Waals surface area contributed by atoms with Crippen LogP contribution in [0.2, 0.25) is 0 Å². The van der Waals surface area contributed by atoms with Gasteiger partial charge in [0, 0.05) is 44.4 Å². The molecule has 1 fully saturated rings. The SMILES string of the molecule is CCNC(=NCC1CCCOC1c1ccc(C)cc1)NC(C)Cc1c(C)nn(C)c1C.I. The van der Waals surface area contributed by atoms with Gasteiger partial charge in [0.1, 0.15) is 0 Å². The van der Waals surface area contributed by atoms with E-state index in [-0.39, 0.29) is 36.1 Å². The summed E-state index contributed by atoms with van der Waals surface area (Å²) in [5.41, 5.74) is 6.20. The number of guanidine groups is 1. The van der Waals surface area contributed by atoms with Crippen molar-refractivity contribution in [1.82, 2.24) is 20.4 Å². The van der Waals surface area contributed by atoms with Crippen molar-refractivity contribution in [3.8, 4) is 0 Å². The van der Waals surface area contributed by atoms with Crippen molar-refractivity contribution in [2.24, 2.45) is 18.0 Å². The highest BCUT2D eigenvalue weighted by Crippen LogP contribution is 2.34. The molecule has 0 spiro atoms. The van der Waals surface area contributed by atoms with E-state index in [0.717, 1.165) is 50.6 Å². The van der Waals surface area contributed by atoms with E-state index in [1.54, 1.807) is 0 Å². The minimum Gasteiger partial charge on any atom is -0.373 e. The lowest BCUT2D eigenvalue weighted by molar-refractivity contribution is -0.0250. The summed E-state index contributed by atoms with van der Waals surface area (Å²) in [6.45, 7) is 13.1. The van der Waals surface area contributed by atoms with Crippen molar-refractivity contribution in [3.05, 3.63) is 52.3 Å². The molecule has 1 aliphatic rings. The van der Waals surface area contributed by atoms with E-state index in [0.29, 0.717) is 5.92 Å². The van der Waals surface area contributed by atoms with Crippen LogP contribution in [0, 0.1) is 26.7 Å². The molecule has 0 aliphatic carbocycles. The van der Waals surface area contributed by atoms with Gasteiger partial charge in [0.2, 0.25) is 0 Å². The van der Waals surface area contributed by atoms with Gasteiger partial charge in [-0.05, 0) is 65.0 Å². The maximum atomic E-state index is 6.18. The maximum absolute atomic E-state index is 6.18. The molecule has 178 valence electrons. The van der Waals surface area contributed by atoms with Crippen LogP contribution in [0.25, 0.3) is 0 Å². The number of aliphatic imine (C=N–C) groups is 1. The third-order valence-corrected chi connectivity index (χ3v) is 6.23. The van der Waals surface area contributed by atoms with E-state index in [1.807, 2.05) is 11.7 Å². The van der Waals surface area contributed by atoms with E-state index in [4.69, 9.17) is 9.73 Å². The number of rotatable bonds is 7. The fraction of sp³-hybridized carbons (Fsp3) is 0.600. The zero-order valence-corrected chi connectivity index (χ0v) is 22.8. The maximum Gasteiger partial charge on any atom is 0.191 e. The molecule has 3 rings (SSSR count). The molecule has 1 saturated heterocycles. The van der Waals surface area contributed by atoms with Gasteiger partial charge in [-0.3, -0.25) is 9.67 Å². The first-order valence-corrected chi connectivity index (χ1v) is 11.6. The van der Waals surface area contributed by atoms with Gasteiger partial charge in [-0.25, -0.2) is 0 Å². The van der Waals surface area contributed by atoms with Crippen molar-refractivity contribution >= 4 is 29.9 Å². The molecule has 1 aromatic carbocycles. The van der Waals surface area contributed by atoms with Gasteiger partial charge in [-0.15, -0.1) is 24.0 Å². The fourth-order valence-electron chi connectivity index (χ4n) is 4.39. The minimum atomic E-state index is 0. The molecule has 1 aliphatic heterocycles. The third kappa shape index (κ3) is 6.94. The number of nitrogens with zero attached hydrogens (tertiary/aromatic N) is 3. The van der Waals surface area contributed by atoms with Crippen LogP contribution in [0.1, 0.15) is 60.9 Å². The van der Waals surface area contributed by atoms with Crippen molar-refractivity contribution < 1.29 is 4.74 Å². The van der Waals surface area contributed by atoms with Crippen LogP contribution in [0.15, 0.2) is 29.3 Å². The summed E-state index contributed by atoms with van der Waals surface area (Å²) >= 11 is 0. The topological polar surface area (TPSA) is 63.5 Å². The Morgan fingerprint density at radius 1 is 1.25 bits per heavy atom. The van der Waals surface area contributed by atoms with Crippen molar-refractivity contribution in [3.63, 3.8) is 0 Å². The van der Waals surface area contributed by atoms with Gasteiger partial charge in [-0.1, -0.05) is 29.8 Å². The second-order valence-electron chi connectivity index (χ2n) is 8.85. The number of aryl methyl sites for hydroxylation is 3. The van der Waals surface area contributed by atoms with E-state index in [2.05, 4.69) is 74.6 Å². The predicted octanol–water partition coefficient (Wildman–Crippen LogP) is 4.62. The lowest BCUT2D eigenvalue weighted by atomic mass is 9.89. The number of halogens is 1. The Morgan fingerprint density at radius 3 is 2.59 bits per heavy atom. The molecule has 0 amide bonds. The van der Waals surface area contributed by atoms with Crippen LogP contribution in [0.4, 0.5) is 0 Å². The van der Waals surface area contributed by atoms with E-state index < -0.39 is 0 Å². The Balaban J connectivity index is 0.00000363. The van der Waals surface area contributed by atoms with Crippen molar-refractivity contribution in [2.75, 3.05) is 19.7 Å². The molecule has 6 nitrogen and oxygen atoms in total. The Labute approximate surface area is 210 Å². The molecule has 0 bridgehead atoms. The molecule has 0 radical (unpaired) electrons. The largest absolute Gasteiger partial charge is 0.373 e. The zero-order valence-electron chi connectivity index (χ0n) is 20.4. The number of aromatic nitrogens is 2. The summed E-state index contributed by atoms with van der Waals surface area (Å²) in [6.07, 6.45) is 3.29. The highest BCUT2D eigenvalue weighted by atomic mass is 127. The number of nitrogens with one attached hydrogen (secondary N) is 2. The quantitative estimate of drug-likeness (QED) is 0.299. The molecular formula is C25H40IN5O. The predicted molar refractivity (Wildman–Crippen MR) is 143 cm³/mol. The average molecular weight is 554 g/mol. The summed E-state index contributed by atoms with van der Waals surface area (Å²) in [6, 6.07) is 9.00. The normalized spacial score (nSPS) is 19.9. The average Bonchev–Trinajstić information content (AvgIpc) is 2.99. The number of hydrogen-bond donors (Lipinski definition) is 2. The number of hydrogen-bond acceptors (Lipinski definition) is 3. The minimum absolute atomic E-state index is 0. The van der Waals surface area contributed by atoms with E-state index in [9.17, 15) is 0 Å². The third-order valence-electron chi connectivity index (χ3n) is 6.23. The first-order valence-electron chi connectivity index (χ1n) is 11.6. The molecule has 1 aromatic heterocycles. The van der Waals surface area contributed by atoms with Gasteiger partial charge < -0.3 is 15.4 Å². The molecule has 2 N–H and O–H groups in total. The summed E-state index contributed by atoms with van der Waals surface area (Å²) in [5, 5.41) is 11.6. The number of benzene rings is 1. The van der Waals surface area contributed by atoms with Crippen LogP contribution < -0.4 is 10.6 Å². The van der Waals surface area contributed by atoms with Crippen molar-refractivity contribution in [2.45, 2.75) is 66.0 Å². The van der Waals surface area contributed by atoms with Gasteiger partial charge in [0.25, 0.3) is 0 Å². The molecule has 32 heavy (non-hydrogen) atoms. The second-order valence-corrected chi connectivity index (χ2v) is 8.85. The fourth-order valence-corrected chi connectivity index (χ4v) is 4.39. The lowest BCUT2D eigenvalue weighted by Crippen LogP contribution is -2.43. The molecule has 0 saturated carbocycles. The summed E-state index contributed by atoms with van der Waals surface area (Å²) in [7, 11) is 2.01.